The summed E-state index contributed by atoms with van der Waals surface area (Å²) in [6.07, 6.45) is 9.23. The van der Waals surface area contributed by atoms with Gasteiger partial charge in [0, 0.05) is 30.4 Å². The molecular weight excluding hydrogens is 230 g/mol. The molecule has 1 amide bonds. The van der Waals surface area contributed by atoms with Crippen LogP contribution in [0.3, 0.4) is 0 Å². The van der Waals surface area contributed by atoms with Crippen LogP contribution < -0.4 is 5.32 Å². The molecule has 2 N–H and O–H groups in total. The summed E-state index contributed by atoms with van der Waals surface area (Å²) >= 11 is 0. The number of anilines is 1. The Morgan fingerprint density at radius 3 is 3.06 bits per heavy atom. The summed E-state index contributed by atoms with van der Waals surface area (Å²) in [5.74, 6) is 0.455. The van der Waals surface area contributed by atoms with E-state index in [1.807, 2.05) is 20.2 Å². The molecule has 0 radical (unpaired) electrons. The van der Waals surface area contributed by atoms with Crippen molar-refractivity contribution in [2.45, 2.75) is 13.3 Å². The zero-order chi connectivity index (χ0) is 13.0. The fourth-order valence-electron chi connectivity index (χ4n) is 1.55. The smallest absolute Gasteiger partial charge is 0.249 e. The Balaban J connectivity index is 1.99. The monoisotopic (exact) mass is 245 g/mol. The first kappa shape index (κ1) is 12.1. The van der Waals surface area contributed by atoms with E-state index in [9.17, 15) is 4.79 Å². The molecule has 2 aromatic heterocycles. The number of carbonyl (C=O) groups excluding carboxylic acids is 1. The van der Waals surface area contributed by atoms with Crippen molar-refractivity contribution in [3.05, 3.63) is 35.8 Å². The van der Waals surface area contributed by atoms with Gasteiger partial charge in [-0.25, -0.2) is 0 Å². The maximum absolute atomic E-state index is 11.7. The highest BCUT2D eigenvalue weighted by Gasteiger charge is 2.05. The summed E-state index contributed by atoms with van der Waals surface area (Å²) in [6, 6.07) is 0. The number of amides is 1. The van der Waals surface area contributed by atoms with Crippen molar-refractivity contribution in [1.82, 2.24) is 20.0 Å². The molecule has 2 heterocycles. The van der Waals surface area contributed by atoms with Gasteiger partial charge in [0.15, 0.2) is 0 Å². The van der Waals surface area contributed by atoms with Crippen LogP contribution in [0.15, 0.2) is 24.7 Å². The molecule has 6 nitrogen and oxygen atoms in total. The Morgan fingerprint density at radius 2 is 2.39 bits per heavy atom. The SMILES string of the molecule is CCc1cn[nH]c1NC(=O)/C=C/c1cnn(C)c1. The van der Waals surface area contributed by atoms with Gasteiger partial charge in [0.05, 0.1) is 12.4 Å². The van der Waals surface area contributed by atoms with Crippen LogP contribution in [0.4, 0.5) is 5.82 Å². The maximum Gasteiger partial charge on any atom is 0.249 e. The number of aromatic amines is 1. The molecule has 0 saturated heterocycles. The van der Waals surface area contributed by atoms with Gasteiger partial charge in [-0.2, -0.15) is 10.2 Å². The predicted octanol–water partition coefficient (Wildman–Crippen LogP) is 1.36. The number of hydrogen-bond donors (Lipinski definition) is 2. The lowest BCUT2D eigenvalue weighted by Crippen LogP contribution is -2.09. The van der Waals surface area contributed by atoms with Crippen molar-refractivity contribution < 1.29 is 4.79 Å². The average Bonchev–Trinajstić information content (AvgIpc) is 2.95. The van der Waals surface area contributed by atoms with Gasteiger partial charge in [-0.1, -0.05) is 6.92 Å². The second-order valence-electron chi connectivity index (χ2n) is 3.89. The standard InChI is InChI=1S/C12H15N5O/c1-3-10-7-13-16-12(10)15-11(18)5-4-9-6-14-17(2)8-9/h4-8H,3H2,1-2H3,(H2,13,15,16,18)/b5-4+. The van der Waals surface area contributed by atoms with Crippen molar-refractivity contribution in [2.75, 3.05) is 5.32 Å². The van der Waals surface area contributed by atoms with Crippen molar-refractivity contribution >= 4 is 17.8 Å². The van der Waals surface area contributed by atoms with E-state index in [1.54, 1.807) is 23.2 Å². The van der Waals surface area contributed by atoms with Crippen molar-refractivity contribution in [3.63, 3.8) is 0 Å². The van der Waals surface area contributed by atoms with E-state index in [2.05, 4.69) is 20.6 Å². The summed E-state index contributed by atoms with van der Waals surface area (Å²) in [5.41, 5.74) is 1.87. The number of aryl methyl sites for hydroxylation is 2. The lowest BCUT2D eigenvalue weighted by atomic mass is 10.2. The van der Waals surface area contributed by atoms with Gasteiger partial charge in [-0.15, -0.1) is 0 Å². The largest absolute Gasteiger partial charge is 0.307 e. The van der Waals surface area contributed by atoms with Gasteiger partial charge in [-0.3, -0.25) is 14.6 Å². The van der Waals surface area contributed by atoms with Gasteiger partial charge >= 0.3 is 0 Å². The number of H-pyrrole nitrogens is 1. The van der Waals surface area contributed by atoms with Crippen molar-refractivity contribution in [3.8, 4) is 0 Å². The normalized spacial score (nSPS) is 11.0. The minimum Gasteiger partial charge on any atom is -0.307 e. The highest BCUT2D eigenvalue weighted by molar-refractivity contribution is 6.01. The first-order valence-electron chi connectivity index (χ1n) is 5.69. The van der Waals surface area contributed by atoms with Crippen LogP contribution in [0.25, 0.3) is 6.08 Å². The van der Waals surface area contributed by atoms with Gasteiger partial charge in [0.2, 0.25) is 5.91 Å². The Bertz CT molecular complexity index is 567. The van der Waals surface area contributed by atoms with Crippen LogP contribution in [-0.2, 0) is 18.3 Å². The highest BCUT2D eigenvalue weighted by Crippen LogP contribution is 2.11. The number of carbonyl (C=O) groups is 1. The van der Waals surface area contributed by atoms with Crippen LogP contribution in [0.2, 0.25) is 0 Å². The van der Waals surface area contributed by atoms with E-state index in [0.717, 1.165) is 17.5 Å². The number of rotatable bonds is 4. The molecule has 2 rings (SSSR count). The molecule has 2 aromatic rings. The van der Waals surface area contributed by atoms with E-state index in [1.165, 1.54) is 6.08 Å². The molecule has 0 bridgehead atoms. The highest BCUT2D eigenvalue weighted by atomic mass is 16.1. The summed E-state index contributed by atoms with van der Waals surface area (Å²) in [7, 11) is 1.83. The van der Waals surface area contributed by atoms with Crippen LogP contribution in [0.1, 0.15) is 18.1 Å². The van der Waals surface area contributed by atoms with E-state index in [4.69, 9.17) is 0 Å². The van der Waals surface area contributed by atoms with Crippen LogP contribution in [0.5, 0.6) is 0 Å². The van der Waals surface area contributed by atoms with Crippen LogP contribution in [-0.4, -0.2) is 25.9 Å². The minimum absolute atomic E-state index is 0.196. The lowest BCUT2D eigenvalue weighted by molar-refractivity contribution is -0.111. The second kappa shape index (κ2) is 5.31. The van der Waals surface area contributed by atoms with E-state index < -0.39 is 0 Å². The molecule has 0 aliphatic rings. The third-order valence-electron chi connectivity index (χ3n) is 2.50. The van der Waals surface area contributed by atoms with Crippen LogP contribution >= 0.6 is 0 Å². The van der Waals surface area contributed by atoms with Crippen LogP contribution in [0, 0.1) is 0 Å². The lowest BCUT2D eigenvalue weighted by Gasteiger charge is -2.00. The molecule has 0 aliphatic heterocycles. The van der Waals surface area contributed by atoms with E-state index in [-0.39, 0.29) is 5.91 Å². The molecule has 0 unspecified atom stereocenters. The van der Waals surface area contributed by atoms with Gasteiger partial charge in [-0.05, 0) is 12.5 Å². The Kier molecular flexibility index (Phi) is 3.57. The summed E-state index contributed by atoms with van der Waals surface area (Å²) < 4.78 is 1.68. The quantitative estimate of drug-likeness (QED) is 0.798. The molecule has 0 aliphatic carbocycles. The molecule has 0 spiro atoms. The Hall–Kier alpha value is -2.37. The van der Waals surface area contributed by atoms with Crippen molar-refractivity contribution in [2.24, 2.45) is 7.05 Å². The molecule has 18 heavy (non-hydrogen) atoms. The zero-order valence-electron chi connectivity index (χ0n) is 10.3. The molecule has 0 fully saturated rings. The van der Waals surface area contributed by atoms with Gasteiger partial charge in [0.1, 0.15) is 5.82 Å². The Morgan fingerprint density at radius 1 is 1.56 bits per heavy atom. The number of nitrogens with zero attached hydrogens (tertiary/aromatic N) is 3. The average molecular weight is 245 g/mol. The fraction of sp³-hybridized carbons (Fsp3) is 0.250. The fourth-order valence-corrected chi connectivity index (χ4v) is 1.55. The first-order chi connectivity index (χ1) is 8.69. The molecule has 94 valence electrons. The number of aromatic nitrogens is 4. The molecule has 0 saturated carbocycles. The number of nitrogens with one attached hydrogen (secondary N) is 2. The third-order valence-corrected chi connectivity index (χ3v) is 2.50. The molecule has 6 heteroatoms. The van der Waals surface area contributed by atoms with Crippen molar-refractivity contribution in [1.29, 1.82) is 0 Å². The van der Waals surface area contributed by atoms with E-state index >= 15 is 0 Å². The maximum atomic E-state index is 11.7. The topological polar surface area (TPSA) is 75.6 Å². The second-order valence-corrected chi connectivity index (χ2v) is 3.89. The number of hydrogen-bond acceptors (Lipinski definition) is 3. The summed E-state index contributed by atoms with van der Waals surface area (Å²) in [6.45, 7) is 2.01. The minimum atomic E-state index is -0.196. The molecular formula is C12H15N5O. The van der Waals surface area contributed by atoms with Gasteiger partial charge < -0.3 is 5.32 Å². The third kappa shape index (κ3) is 2.85. The van der Waals surface area contributed by atoms with Gasteiger partial charge in [0.25, 0.3) is 0 Å². The summed E-state index contributed by atoms with van der Waals surface area (Å²) in [4.78, 5) is 11.7. The first-order valence-corrected chi connectivity index (χ1v) is 5.69. The molecule has 0 aromatic carbocycles. The Labute approximate surface area is 105 Å². The predicted molar refractivity (Wildman–Crippen MR) is 68.8 cm³/mol. The van der Waals surface area contributed by atoms with E-state index in [0.29, 0.717) is 5.82 Å². The summed E-state index contributed by atoms with van der Waals surface area (Å²) in [5, 5.41) is 13.4. The molecule has 0 atom stereocenters. The zero-order valence-corrected chi connectivity index (χ0v) is 10.3.